The third-order valence-corrected chi connectivity index (χ3v) is 0. The van der Waals surface area contributed by atoms with Crippen LogP contribution in [-0.4, -0.2) is 0 Å². The van der Waals surface area contributed by atoms with Crippen LogP contribution in [0.3, 0.4) is 0 Å². The van der Waals surface area contributed by atoms with Gasteiger partial charge in [-0.05, 0) is 0 Å². The Bertz CT molecular complexity index is 8.04. The maximum Gasteiger partial charge on any atom is 0.310 e. The van der Waals surface area contributed by atoms with Gasteiger partial charge in [0.1, 0.15) is 0 Å². The van der Waals surface area contributed by atoms with E-state index < -0.39 is 0 Å². The molecule has 7 heteroatoms. The molecule has 0 saturated heterocycles. The summed E-state index contributed by atoms with van der Waals surface area (Å²) in [6.07, 6.45) is 0. The predicted molar refractivity (Wildman–Crippen MR) is 46.6 cm³/mol. The van der Waals surface area contributed by atoms with Crippen LogP contribution in [0.15, 0.2) is 0 Å². The zero-order chi connectivity index (χ0) is 2.00. The summed E-state index contributed by atoms with van der Waals surface area (Å²) in [6, 6.07) is 0. The molecule has 7 heavy (non-hydrogen) atoms. The van der Waals surface area contributed by atoms with Crippen molar-refractivity contribution in [1.82, 2.24) is 0 Å². The monoisotopic (exact) mass is 229 g/mol. The molecule has 0 N–H and O–H groups in total. The molecule has 0 aliphatic rings. The van der Waals surface area contributed by atoms with Gasteiger partial charge in [0.15, 0.2) is 0 Å². The SMILES string of the molecule is Cl.Cl.Cl.Cl.Cl.O=[PH2+]. The lowest BCUT2D eigenvalue weighted by atomic mass is 16.0. The third-order valence-electron chi connectivity index (χ3n) is 0. The second-order valence-electron chi connectivity index (χ2n) is 0. The first kappa shape index (κ1) is 75.0. The normalized spacial score (nSPS) is 0.571. The van der Waals surface area contributed by atoms with Gasteiger partial charge in [0.25, 0.3) is 0 Å². The summed E-state index contributed by atoms with van der Waals surface area (Å²) in [5, 5.41) is 0. The Morgan fingerprint density at radius 1 is 0.571 bits per heavy atom. The summed E-state index contributed by atoms with van der Waals surface area (Å²) in [7, 11) is 1.17. The minimum Gasteiger partial charge on any atom is -0.147 e. The van der Waals surface area contributed by atoms with E-state index in [-0.39, 0.29) is 62.0 Å². The largest absolute Gasteiger partial charge is 0.310 e. The van der Waals surface area contributed by atoms with Crippen LogP contribution < -0.4 is 0 Å². The fraction of sp³-hybridized carbons (Fsp3) is 0. The Kier molecular flexibility index (Phi) is 1440. The molecule has 0 aromatic heterocycles. The molecule has 1 atom stereocenters. The summed E-state index contributed by atoms with van der Waals surface area (Å²) in [4.78, 5) is 0. The van der Waals surface area contributed by atoms with E-state index in [1.54, 1.807) is 0 Å². The number of hydrogen-bond acceptors (Lipinski definition) is 1. The Hall–Kier alpha value is 1.55. The third kappa shape index (κ3) is 96.8. The van der Waals surface area contributed by atoms with E-state index in [9.17, 15) is 0 Å². The van der Waals surface area contributed by atoms with Gasteiger partial charge in [-0.25, -0.2) is 0 Å². The molecule has 0 fully saturated rings. The molecule has 0 aliphatic heterocycles. The van der Waals surface area contributed by atoms with Gasteiger partial charge in [-0.2, -0.15) is 0 Å². The van der Waals surface area contributed by atoms with Crippen molar-refractivity contribution >= 4 is 71.2 Å². The molecule has 0 heterocycles. The highest BCUT2D eigenvalue weighted by molar-refractivity contribution is 7.00. The van der Waals surface area contributed by atoms with Crippen LogP contribution in [0.25, 0.3) is 0 Å². The van der Waals surface area contributed by atoms with Gasteiger partial charge in [-0.3, -0.25) is 0 Å². The van der Waals surface area contributed by atoms with Gasteiger partial charge in [0, 0.05) is 0 Å². The minimum atomic E-state index is 0. The zero-order valence-electron chi connectivity index (χ0n) is 3.03. The summed E-state index contributed by atoms with van der Waals surface area (Å²) in [5.74, 6) is 0. The molecule has 0 aliphatic carbocycles. The molecule has 0 saturated carbocycles. The second kappa shape index (κ2) is 135. The van der Waals surface area contributed by atoms with E-state index in [1.165, 1.54) is 9.12 Å². The molecular formula is H7Cl5OP+. The van der Waals surface area contributed by atoms with Crippen LogP contribution in [0, 0.1) is 0 Å². The second-order valence-corrected chi connectivity index (χ2v) is 0. The van der Waals surface area contributed by atoms with E-state index >= 15 is 0 Å². The number of halogens is 5. The molecular weight excluding hydrogens is 224 g/mol. The van der Waals surface area contributed by atoms with E-state index in [0.717, 1.165) is 0 Å². The summed E-state index contributed by atoms with van der Waals surface area (Å²) < 4.78 is 8.17. The number of hydrogen-bond donors (Lipinski definition) is 0. The van der Waals surface area contributed by atoms with Gasteiger partial charge in [-0.15, -0.1) is 62.0 Å². The maximum atomic E-state index is 8.17. The first-order chi connectivity index (χ1) is 1.00. The Morgan fingerprint density at radius 2 is 0.571 bits per heavy atom. The van der Waals surface area contributed by atoms with Crippen molar-refractivity contribution < 1.29 is 4.57 Å². The highest BCUT2D eigenvalue weighted by Crippen LogP contribution is 1.23. The quantitative estimate of drug-likeness (QED) is 0.585. The van der Waals surface area contributed by atoms with Gasteiger partial charge < -0.3 is 0 Å². The molecule has 0 amide bonds. The van der Waals surface area contributed by atoms with Crippen molar-refractivity contribution in [2.45, 2.75) is 0 Å². The van der Waals surface area contributed by atoms with E-state index in [0.29, 0.717) is 0 Å². The molecule has 0 rings (SSSR count). The van der Waals surface area contributed by atoms with Crippen LogP contribution in [-0.2, 0) is 4.57 Å². The van der Waals surface area contributed by atoms with Crippen molar-refractivity contribution in [2.75, 3.05) is 0 Å². The topological polar surface area (TPSA) is 17.1 Å². The van der Waals surface area contributed by atoms with E-state index in [2.05, 4.69) is 0 Å². The Balaban J connectivity index is -0.000000000500. The van der Waals surface area contributed by atoms with Gasteiger partial charge in [0.05, 0.1) is 0 Å². The minimum absolute atomic E-state index is 0. The fourth-order valence-corrected chi connectivity index (χ4v) is 0. The lowest BCUT2D eigenvalue weighted by Gasteiger charge is -0.618. The molecule has 1 unspecified atom stereocenters. The van der Waals surface area contributed by atoms with Crippen LogP contribution in [0.4, 0.5) is 0 Å². The Morgan fingerprint density at radius 3 is 0.571 bits per heavy atom. The van der Waals surface area contributed by atoms with Gasteiger partial charge in [-0.1, -0.05) is 4.57 Å². The molecule has 0 aromatic rings. The van der Waals surface area contributed by atoms with Crippen molar-refractivity contribution in [3.63, 3.8) is 0 Å². The highest BCUT2D eigenvalue weighted by Gasteiger charge is 0.849. The lowest BCUT2D eigenvalue weighted by molar-refractivity contribution is 0.607. The lowest BCUT2D eigenvalue weighted by Crippen LogP contribution is -0.489. The smallest absolute Gasteiger partial charge is 0.147 e. The van der Waals surface area contributed by atoms with Crippen LogP contribution in [0.2, 0.25) is 0 Å². The van der Waals surface area contributed by atoms with Crippen molar-refractivity contribution in [2.24, 2.45) is 0 Å². The van der Waals surface area contributed by atoms with Gasteiger partial charge in [0.2, 0.25) is 0 Å². The summed E-state index contributed by atoms with van der Waals surface area (Å²) >= 11 is 0. The molecule has 0 radical (unpaired) electrons. The molecule has 1 nitrogen and oxygen atoms in total. The zero-order valence-corrected chi connectivity index (χ0v) is 8.26. The summed E-state index contributed by atoms with van der Waals surface area (Å²) in [5.41, 5.74) is 0. The van der Waals surface area contributed by atoms with Gasteiger partial charge >= 0.3 is 9.12 Å². The number of rotatable bonds is 0. The molecule has 0 bridgehead atoms. The first-order valence-electron chi connectivity index (χ1n) is 0.236. The summed E-state index contributed by atoms with van der Waals surface area (Å²) in [6.45, 7) is 0. The van der Waals surface area contributed by atoms with Crippen LogP contribution in [0.1, 0.15) is 0 Å². The first-order valence-corrected chi connectivity index (χ1v) is 0.707. The van der Waals surface area contributed by atoms with Crippen LogP contribution >= 0.6 is 71.2 Å². The molecule has 0 aromatic carbocycles. The van der Waals surface area contributed by atoms with E-state index in [4.69, 9.17) is 4.57 Å². The maximum absolute atomic E-state index is 8.17. The van der Waals surface area contributed by atoms with Crippen molar-refractivity contribution in [3.8, 4) is 0 Å². The standard InChI is InChI=1S/5ClH.H2OP/c;;;;;1-2/h5*1H;2H2/q;;;;;+1. The highest BCUT2D eigenvalue weighted by atomic mass is 35.5. The average molecular weight is 231 g/mol. The van der Waals surface area contributed by atoms with Crippen LogP contribution in [0.5, 0.6) is 0 Å². The van der Waals surface area contributed by atoms with Crippen molar-refractivity contribution in [3.05, 3.63) is 0 Å². The Labute approximate surface area is 75.7 Å². The predicted octanol–water partition coefficient (Wildman–Crippen LogP) is 2.32. The fourth-order valence-electron chi connectivity index (χ4n) is 0. The average Bonchev–Trinajstić information content (AvgIpc) is 1.00. The van der Waals surface area contributed by atoms with Crippen molar-refractivity contribution in [1.29, 1.82) is 0 Å². The van der Waals surface area contributed by atoms with E-state index in [1.807, 2.05) is 0 Å². The molecule has 52 valence electrons. The molecule has 0 spiro atoms.